The number of aliphatic hydroxyl groups excluding tert-OH is 1. The number of hydrogen-bond donors (Lipinski definition) is 3. The number of ether oxygens (including phenoxy) is 2. The van der Waals surface area contributed by atoms with Gasteiger partial charge in [-0.25, -0.2) is 0 Å². The molecular formula is C20H22N4O4S. The maximum absolute atomic E-state index is 11.0. The summed E-state index contributed by atoms with van der Waals surface area (Å²) in [5.41, 5.74) is 7.35. The van der Waals surface area contributed by atoms with E-state index in [2.05, 4.69) is 14.9 Å². The molecule has 0 aliphatic rings. The van der Waals surface area contributed by atoms with Crippen molar-refractivity contribution in [2.45, 2.75) is 6.10 Å². The number of nitrogens with one attached hydrogen (secondary N) is 1. The van der Waals surface area contributed by atoms with E-state index in [-0.39, 0.29) is 6.61 Å². The lowest BCUT2D eigenvalue weighted by Gasteiger charge is -2.14. The van der Waals surface area contributed by atoms with E-state index in [4.69, 9.17) is 15.2 Å². The van der Waals surface area contributed by atoms with Gasteiger partial charge < -0.3 is 25.6 Å². The van der Waals surface area contributed by atoms with Crippen LogP contribution in [0.25, 0.3) is 11.3 Å². The van der Waals surface area contributed by atoms with Gasteiger partial charge in [-0.3, -0.25) is 4.79 Å². The van der Waals surface area contributed by atoms with Gasteiger partial charge in [0.05, 0.1) is 0 Å². The van der Waals surface area contributed by atoms with Gasteiger partial charge in [0.25, 0.3) is 0 Å². The van der Waals surface area contributed by atoms with Gasteiger partial charge in [-0.2, -0.15) is 0 Å². The van der Waals surface area contributed by atoms with Crippen LogP contribution in [-0.2, 0) is 0 Å². The highest BCUT2D eigenvalue weighted by Crippen LogP contribution is 2.22. The van der Waals surface area contributed by atoms with Crippen LogP contribution in [0.5, 0.6) is 11.5 Å². The Hall–Kier alpha value is -3.01. The number of hydrogen-bond acceptors (Lipinski definition) is 8. The third-order valence-corrected chi connectivity index (χ3v) is 4.50. The predicted molar refractivity (Wildman–Crippen MR) is 110 cm³/mol. The SMILES string of the molecule is NC(=O)c1ccc(OCCNCC(O)COc2cccc(-c3csnn3)c2)cc1. The first-order chi connectivity index (χ1) is 14.1. The first kappa shape index (κ1) is 20.7. The maximum atomic E-state index is 11.0. The van der Waals surface area contributed by atoms with E-state index in [1.807, 2.05) is 29.6 Å². The Morgan fingerprint density at radius 1 is 1.17 bits per heavy atom. The number of rotatable bonds is 11. The molecule has 2 aromatic carbocycles. The first-order valence-electron chi connectivity index (χ1n) is 9.03. The van der Waals surface area contributed by atoms with Crippen molar-refractivity contribution in [3.63, 3.8) is 0 Å². The summed E-state index contributed by atoms with van der Waals surface area (Å²) in [5, 5.41) is 19.1. The van der Waals surface area contributed by atoms with Crippen LogP contribution in [0, 0.1) is 0 Å². The predicted octanol–water partition coefficient (Wildman–Crippen LogP) is 1.71. The van der Waals surface area contributed by atoms with Gasteiger partial charge in [0.2, 0.25) is 5.91 Å². The molecular weight excluding hydrogens is 392 g/mol. The van der Waals surface area contributed by atoms with E-state index in [1.54, 1.807) is 24.3 Å². The third kappa shape index (κ3) is 6.53. The van der Waals surface area contributed by atoms with Crippen LogP contribution >= 0.6 is 11.5 Å². The number of benzene rings is 2. The topological polar surface area (TPSA) is 120 Å². The van der Waals surface area contributed by atoms with Crippen molar-refractivity contribution < 1.29 is 19.4 Å². The van der Waals surface area contributed by atoms with Crippen LogP contribution < -0.4 is 20.5 Å². The van der Waals surface area contributed by atoms with E-state index in [9.17, 15) is 9.90 Å². The number of nitrogens with two attached hydrogens (primary N) is 1. The van der Waals surface area contributed by atoms with Gasteiger partial charge in [-0.05, 0) is 47.9 Å². The number of carbonyl (C=O) groups excluding carboxylic acids is 1. The second-order valence-corrected chi connectivity index (χ2v) is 6.83. The van der Waals surface area contributed by atoms with Crippen molar-refractivity contribution in [1.82, 2.24) is 14.9 Å². The molecule has 0 saturated heterocycles. The summed E-state index contributed by atoms with van der Waals surface area (Å²) in [7, 11) is 0. The second kappa shape index (κ2) is 10.5. The molecule has 3 rings (SSSR count). The normalized spacial score (nSPS) is 11.8. The van der Waals surface area contributed by atoms with E-state index in [0.29, 0.717) is 36.8 Å². The van der Waals surface area contributed by atoms with Crippen molar-refractivity contribution in [3.8, 4) is 22.8 Å². The first-order valence-corrected chi connectivity index (χ1v) is 9.87. The van der Waals surface area contributed by atoms with E-state index in [1.165, 1.54) is 11.5 Å². The molecule has 0 aliphatic carbocycles. The molecule has 4 N–H and O–H groups in total. The van der Waals surface area contributed by atoms with Gasteiger partial charge in [0, 0.05) is 29.6 Å². The standard InChI is InChI=1S/C20H22N4O4S/c21-20(26)14-4-6-17(7-5-14)27-9-8-22-11-16(25)12-28-18-3-1-2-15(10-18)19-13-29-24-23-19/h1-7,10,13,16,22,25H,8-9,11-12H2,(H2,21,26). The Morgan fingerprint density at radius 2 is 2.00 bits per heavy atom. The summed E-state index contributed by atoms with van der Waals surface area (Å²) in [6.45, 7) is 1.52. The molecule has 0 saturated carbocycles. The number of nitrogens with zero attached hydrogens (tertiary/aromatic N) is 2. The smallest absolute Gasteiger partial charge is 0.248 e. The van der Waals surface area contributed by atoms with Gasteiger partial charge in [0.15, 0.2) is 0 Å². The molecule has 0 aliphatic heterocycles. The molecule has 1 aromatic heterocycles. The van der Waals surface area contributed by atoms with Crippen LogP contribution in [-0.4, -0.2) is 53.0 Å². The molecule has 29 heavy (non-hydrogen) atoms. The lowest BCUT2D eigenvalue weighted by molar-refractivity contribution is 0.1000. The maximum Gasteiger partial charge on any atom is 0.248 e. The molecule has 1 amide bonds. The molecule has 8 nitrogen and oxygen atoms in total. The fourth-order valence-electron chi connectivity index (χ4n) is 2.51. The molecule has 9 heteroatoms. The second-order valence-electron chi connectivity index (χ2n) is 6.22. The summed E-state index contributed by atoms with van der Waals surface area (Å²) in [5.74, 6) is 0.842. The van der Waals surface area contributed by atoms with E-state index >= 15 is 0 Å². The number of aliphatic hydroxyl groups is 1. The minimum Gasteiger partial charge on any atom is -0.492 e. The molecule has 1 unspecified atom stereocenters. The van der Waals surface area contributed by atoms with Crippen LogP contribution in [0.15, 0.2) is 53.9 Å². The van der Waals surface area contributed by atoms with Crippen molar-refractivity contribution in [2.24, 2.45) is 5.73 Å². The van der Waals surface area contributed by atoms with Crippen molar-refractivity contribution in [1.29, 1.82) is 0 Å². The van der Waals surface area contributed by atoms with Gasteiger partial charge in [-0.1, -0.05) is 16.6 Å². The zero-order valence-electron chi connectivity index (χ0n) is 15.7. The Bertz CT molecular complexity index is 903. The minimum absolute atomic E-state index is 0.168. The molecule has 0 radical (unpaired) electrons. The minimum atomic E-state index is -0.658. The summed E-state index contributed by atoms with van der Waals surface area (Å²) in [4.78, 5) is 11.0. The fourth-order valence-corrected chi connectivity index (χ4v) is 2.98. The summed E-state index contributed by atoms with van der Waals surface area (Å²) < 4.78 is 15.1. The monoisotopic (exact) mass is 414 g/mol. The summed E-state index contributed by atoms with van der Waals surface area (Å²) in [6, 6.07) is 14.1. The third-order valence-electron chi connectivity index (χ3n) is 4.00. The Labute approximate surface area is 172 Å². The van der Waals surface area contributed by atoms with Crippen molar-refractivity contribution in [3.05, 3.63) is 59.5 Å². The molecule has 0 spiro atoms. The number of carbonyl (C=O) groups is 1. The molecule has 0 fully saturated rings. The van der Waals surface area contributed by atoms with E-state index < -0.39 is 12.0 Å². The zero-order valence-corrected chi connectivity index (χ0v) is 16.5. The lowest BCUT2D eigenvalue weighted by atomic mass is 10.2. The Morgan fingerprint density at radius 3 is 2.72 bits per heavy atom. The number of primary amides is 1. The lowest BCUT2D eigenvalue weighted by Crippen LogP contribution is -2.33. The highest BCUT2D eigenvalue weighted by molar-refractivity contribution is 7.03. The molecule has 1 heterocycles. The molecule has 3 aromatic rings. The van der Waals surface area contributed by atoms with Gasteiger partial charge in [0.1, 0.15) is 36.5 Å². The molecule has 152 valence electrons. The average Bonchev–Trinajstić information content (AvgIpc) is 3.27. The number of aromatic nitrogens is 2. The van der Waals surface area contributed by atoms with Crippen molar-refractivity contribution >= 4 is 17.4 Å². The van der Waals surface area contributed by atoms with Gasteiger partial charge >= 0.3 is 0 Å². The quantitative estimate of drug-likeness (QED) is 0.409. The van der Waals surface area contributed by atoms with Crippen LogP contribution in [0.2, 0.25) is 0 Å². The van der Waals surface area contributed by atoms with Crippen molar-refractivity contribution in [2.75, 3.05) is 26.3 Å². The zero-order chi connectivity index (χ0) is 20.5. The molecule has 0 bridgehead atoms. The highest BCUT2D eigenvalue weighted by Gasteiger charge is 2.07. The van der Waals surface area contributed by atoms with Gasteiger partial charge in [-0.15, -0.1) is 5.10 Å². The van der Waals surface area contributed by atoms with Crippen LogP contribution in [0.4, 0.5) is 0 Å². The highest BCUT2D eigenvalue weighted by atomic mass is 32.1. The van der Waals surface area contributed by atoms with Crippen LogP contribution in [0.1, 0.15) is 10.4 Å². The Balaban J connectivity index is 1.32. The largest absolute Gasteiger partial charge is 0.492 e. The number of amides is 1. The van der Waals surface area contributed by atoms with Crippen LogP contribution in [0.3, 0.4) is 0 Å². The average molecular weight is 414 g/mol. The Kier molecular flexibility index (Phi) is 7.51. The van der Waals surface area contributed by atoms with E-state index in [0.717, 1.165) is 11.3 Å². The summed E-state index contributed by atoms with van der Waals surface area (Å²) >= 11 is 1.29. The summed E-state index contributed by atoms with van der Waals surface area (Å²) in [6.07, 6.45) is -0.658. The fraction of sp³-hybridized carbons (Fsp3) is 0.250. The molecule has 1 atom stereocenters.